The number of hydrogen-bond donors (Lipinski definition) is 2. The number of nitrogens with zero attached hydrogens (tertiary/aromatic N) is 1. The molecule has 0 aliphatic heterocycles. The van der Waals surface area contributed by atoms with Crippen LogP contribution >= 0.6 is 11.3 Å². The maximum atomic E-state index is 12.4. The van der Waals surface area contributed by atoms with Crippen molar-refractivity contribution in [2.24, 2.45) is 0 Å². The molecule has 1 atom stereocenters. The Morgan fingerprint density at radius 2 is 1.92 bits per heavy atom. The van der Waals surface area contributed by atoms with Gasteiger partial charge in [-0.05, 0) is 30.0 Å². The first-order valence-electron chi connectivity index (χ1n) is 7.92. The van der Waals surface area contributed by atoms with E-state index in [0.29, 0.717) is 6.54 Å². The molecule has 0 radical (unpaired) electrons. The summed E-state index contributed by atoms with van der Waals surface area (Å²) in [5.41, 5.74) is 1.01. The SMILES string of the molecule is CCCN(CC(=O)O)CC(=O)NC(c1ccccc1)c1cccs1. The molecular weight excluding hydrogens is 324 g/mol. The third kappa shape index (κ3) is 5.47. The Bertz CT molecular complexity index is 644. The normalized spacial score (nSPS) is 12.1. The largest absolute Gasteiger partial charge is 0.480 e. The maximum absolute atomic E-state index is 12.4. The fraction of sp³-hybridized carbons (Fsp3) is 0.333. The van der Waals surface area contributed by atoms with E-state index in [9.17, 15) is 9.59 Å². The van der Waals surface area contributed by atoms with E-state index in [1.54, 1.807) is 16.2 Å². The standard InChI is InChI=1S/C18H22N2O3S/c1-2-10-20(13-17(22)23)12-16(21)19-18(15-9-6-11-24-15)14-7-4-3-5-8-14/h3-9,11,18H,2,10,12-13H2,1H3,(H,19,21)(H,22,23). The second-order valence-electron chi connectivity index (χ2n) is 5.53. The molecule has 1 heterocycles. The van der Waals surface area contributed by atoms with E-state index in [0.717, 1.165) is 16.9 Å². The topological polar surface area (TPSA) is 69.6 Å². The number of carboxylic acids is 1. The van der Waals surface area contributed by atoms with Crippen LogP contribution in [0, 0.1) is 0 Å². The average Bonchev–Trinajstić information content (AvgIpc) is 3.07. The third-order valence-electron chi connectivity index (χ3n) is 3.53. The monoisotopic (exact) mass is 346 g/mol. The molecule has 0 bridgehead atoms. The molecule has 6 heteroatoms. The number of aliphatic carboxylic acids is 1. The Labute approximate surface area is 145 Å². The summed E-state index contributed by atoms with van der Waals surface area (Å²) in [5.74, 6) is -1.10. The molecule has 128 valence electrons. The van der Waals surface area contributed by atoms with Crippen molar-refractivity contribution in [2.45, 2.75) is 19.4 Å². The van der Waals surface area contributed by atoms with Gasteiger partial charge in [-0.25, -0.2) is 0 Å². The van der Waals surface area contributed by atoms with Crippen LogP contribution in [0.3, 0.4) is 0 Å². The molecule has 2 aromatic rings. The zero-order valence-electron chi connectivity index (χ0n) is 13.6. The fourth-order valence-corrected chi connectivity index (χ4v) is 3.35. The zero-order valence-corrected chi connectivity index (χ0v) is 14.5. The maximum Gasteiger partial charge on any atom is 0.317 e. The molecule has 2 rings (SSSR count). The highest BCUT2D eigenvalue weighted by Gasteiger charge is 2.20. The molecule has 24 heavy (non-hydrogen) atoms. The Hall–Kier alpha value is -2.18. The second-order valence-corrected chi connectivity index (χ2v) is 6.51. The number of amides is 1. The number of carbonyl (C=O) groups excluding carboxylic acids is 1. The summed E-state index contributed by atoms with van der Waals surface area (Å²) in [4.78, 5) is 26.1. The third-order valence-corrected chi connectivity index (χ3v) is 4.47. The quantitative estimate of drug-likeness (QED) is 0.732. The van der Waals surface area contributed by atoms with E-state index in [2.05, 4.69) is 5.32 Å². The molecule has 0 saturated heterocycles. The van der Waals surface area contributed by atoms with E-state index in [4.69, 9.17) is 5.11 Å². The molecule has 0 aliphatic carbocycles. The number of carboxylic acid groups (broad SMARTS) is 1. The number of carbonyl (C=O) groups is 2. The van der Waals surface area contributed by atoms with Crippen LogP contribution in [-0.4, -0.2) is 41.5 Å². The summed E-state index contributed by atoms with van der Waals surface area (Å²) in [6.45, 7) is 2.49. The molecule has 1 unspecified atom stereocenters. The molecule has 1 amide bonds. The zero-order chi connectivity index (χ0) is 17.4. The molecule has 0 spiro atoms. The molecular formula is C18H22N2O3S. The molecule has 0 aliphatic rings. The smallest absolute Gasteiger partial charge is 0.317 e. The first-order valence-corrected chi connectivity index (χ1v) is 8.80. The van der Waals surface area contributed by atoms with Crippen LogP contribution in [0.5, 0.6) is 0 Å². The van der Waals surface area contributed by atoms with Crippen LogP contribution in [0.2, 0.25) is 0 Å². The number of rotatable bonds is 9. The minimum absolute atomic E-state index is 0.0782. The van der Waals surface area contributed by atoms with Gasteiger partial charge in [-0.3, -0.25) is 14.5 Å². The van der Waals surface area contributed by atoms with Crippen LogP contribution in [0.1, 0.15) is 29.8 Å². The number of nitrogens with one attached hydrogen (secondary N) is 1. The van der Waals surface area contributed by atoms with Gasteiger partial charge >= 0.3 is 5.97 Å². The lowest BCUT2D eigenvalue weighted by molar-refractivity contribution is -0.138. The number of thiophene rings is 1. The van der Waals surface area contributed by atoms with Crippen LogP contribution in [-0.2, 0) is 9.59 Å². The van der Waals surface area contributed by atoms with E-state index in [1.807, 2.05) is 54.8 Å². The van der Waals surface area contributed by atoms with Gasteiger partial charge in [0.05, 0.1) is 19.1 Å². The highest BCUT2D eigenvalue weighted by molar-refractivity contribution is 7.10. The summed E-state index contributed by atoms with van der Waals surface area (Å²) >= 11 is 1.59. The van der Waals surface area contributed by atoms with Gasteiger partial charge in [0.25, 0.3) is 0 Å². The molecule has 0 fully saturated rings. The average molecular weight is 346 g/mol. The first-order chi connectivity index (χ1) is 11.6. The minimum atomic E-state index is -0.922. The Balaban J connectivity index is 2.08. The van der Waals surface area contributed by atoms with Gasteiger partial charge in [-0.2, -0.15) is 0 Å². The molecule has 5 nitrogen and oxygen atoms in total. The van der Waals surface area contributed by atoms with Crippen molar-refractivity contribution in [2.75, 3.05) is 19.6 Å². The van der Waals surface area contributed by atoms with E-state index in [-0.39, 0.29) is 25.0 Å². The van der Waals surface area contributed by atoms with Crippen LogP contribution in [0.25, 0.3) is 0 Å². The fourth-order valence-electron chi connectivity index (χ4n) is 2.55. The van der Waals surface area contributed by atoms with Crippen LogP contribution in [0.4, 0.5) is 0 Å². The van der Waals surface area contributed by atoms with Gasteiger partial charge < -0.3 is 10.4 Å². The van der Waals surface area contributed by atoms with Crippen molar-refractivity contribution in [3.8, 4) is 0 Å². The van der Waals surface area contributed by atoms with Crippen molar-refractivity contribution >= 4 is 23.2 Å². The summed E-state index contributed by atoms with van der Waals surface area (Å²) < 4.78 is 0. The van der Waals surface area contributed by atoms with E-state index < -0.39 is 5.97 Å². The Morgan fingerprint density at radius 1 is 1.17 bits per heavy atom. The van der Waals surface area contributed by atoms with Gasteiger partial charge in [0.2, 0.25) is 5.91 Å². The van der Waals surface area contributed by atoms with Gasteiger partial charge in [0, 0.05) is 4.88 Å². The van der Waals surface area contributed by atoms with Gasteiger partial charge in [-0.1, -0.05) is 43.3 Å². The molecule has 1 aromatic carbocycles. The van der Waals surface area contributed by atoms with E-state index in [1.165, 1.54) is 0 Å². The van der Waals surface area contributed by atoms with Crippen molar-refractivity contribution in [1.82, 2.24) is 10.2 Å². The lowest BCUT2D eigenvalue weighted by Gasteiger charge is -2.22. The Kier molecular flexibility index (Phi) is 6.96. The van der Waals surface area contributed by atoms with E-state index >= 15 is 0 Å². The first kappa shape index (κ1) is 18.2. The summed E-state index contributed by atoms with van der Waals surface area (Å²) in [6.07, 6.45) is 0.799. The summed E-state index contributed by atoms with van der Waals surface area (Å²) in [6, 6.07) is 13.5. The second kappa shape index (κ2) is 9.20. The van der Waals surface area contributed by atoms with Crippen LogP contribution < -0.4 is 5.32 Å². The van der Waals surface area contributed by atoms with Crippen molar-refractivity contribution < 1.29 is 14.7 Å². The predicted molar refractivity (Wildman–Crippen MR) is 95.1 cm³/mol. The minimum Gasteiger partial charge on any atom is -0.480 e. The predicted octanol–water partition coefficient (Wildman–Crippen LogP) is 2.75. The highest BCUT2D eigenvalue weighted by Crippen LogP contribution is 2.25. The van der Waals surface area contributed by atoms with Gasteiger partial charge in [-0.15, -0.1) is 11.3 Å². The Morgan fingerprint density at radius 3 is 2.50 bits per heavy atom. The lowest BCUT2D eigenvalue weighted by atomic mass is 10.1. The number of benzene rings is 1. The molecule has 1 aromatic heterocycles. The molecule has 0 saturated carbocycles. The lowest BCUT2D eigenvalue weighted by Crippen LogP contribution is -2.41. The van der Waals surface area contributed by atoms with Gasteiger partial charge in [0.15, 0.2) is 0 Å². The molecule has 2 N–H and O–H groups in total. The van der Waals surface area contributed by atoms with Crippen molar-refractivity contribution in [1.29, 1.82) is 0 Å². The number of hydrogen-bond acceptors (Lipinski definition) is 4. The van der Waals surface area contributed by atoms with Gasteiger partial charge in [0.1, 0.15) is 0 Å². The summed E-state index contributed by atoms with van der Waals surface area (Å²) in [5, 5.41) is 14.0. The highest BCUT2D eigenvalue weighted by atomic mass is 32.1. The van der Waals surface area contributed by atoms with Crippen molar-refractivity contribution in [3.63, 3.8) is 0 Å². The van der Waals surface area contributed by atoms with Crippen molar-refractivity contribution in [3.05, 3.63) is 58.3 Å². The van der Waals surface area contributed by atoms with Crippen LogP contribution in [0.15, 0.2) is 47.8 Å². The summed E-state index contributed by atoms with van der Waals surface area (Å²) in [7, 11) is 0.